The first-order chi connectivity index (χ1) is 21.0. The molecular weight excluding hydrogens is 580 g/mol. The van der Waals surface area contributed by atoms with Gasteiger partial charge < -0.3 is 20.3 Å². The standard InChI is InChI=1S/C33H35ClN6O4/c1-33(2,3)21-9-11-25(28(19-21)44-23-14-17-40(18-15-23)32(43)27-13-16-36-39(27)4)31(42)37-26-8-6-5-7-24(26)30(41)38-29-12-10-22(34)20-35-29/h5-13,16,19-20,23H,14-15,17-18H2,1-4H3,(H,37,42)(H,35,38,41). The fourth-order valence-corrected chi connectivity index (χ4v) is 5.10. The summed E-state index contributed by atoms with van der Waals surface area (Å²) in [6.45, 7) is 7.34. The molecule has 3 heterocycles. The van der Waals surface area contributed by atoms with Crippen LogP contribution < -0.4 is 15.4 Å². The van der Waals surface area contributed by atoms with Crippen molar-refractivity contribution in [1.29, 1.82) is 0 Å². The molecule has 1 saturated heterocycles. The molecule has 0 radical (unpaired) electrons. The number of benzene rings is 2. The molecule has 1 aliphatic heterocycles. The van der Waals surface area contributed by atoms with Crippen LogP contribution in [0.5, 0.6) is 5.75 Å². The molecule has 4 aromatic rings. The number of anilines is 2. The Kier molecular flexibility index (Phi) is 9.01. The quantitative estimate of drug-likeness (QED) is 0.265. The molecule has 3 amide bonds. The Labute approximate surface area is 261 Å². The van der Waals surface area contributed by atoms with Crippen molar-refractivity contribution < 1.29 is 19.1 Å². The molecule has 44 heavy (non-hydrogen) atoms. The van der Waals surface area contributed by atoms with E-state index >= 15 is 0 Å². The molecule has 11 heteroatoms. The van der Waals surface area contributed by atoms with E-state index in [-0.39, 0.29) is 23.0 Å². The van der Waals surface area contributed by atoms with E-state index in [9.17, 15) is 14.4 Å². The number of likely N-dealkylation sites (tertiary alicyclic amines) is 1. The minimum absolute atomic E-state index is 0.0622. The predicted octanol–water partition coefficient (Wildman–Crippen LogP) is 5.95. The molecular formula is C33H35ClN6O4. The summed E-state index contributed by atoms with van der Waals surface area (Å²) in [4.78, 5) is 45.7. The van der Waals surface area contributed by atoms with E-state index in [1.54, 1.807) is 71.4 Å². The summed E-state index contributed by atoms with van der Waals surface area (Å²) >= 11 is 5.91. The maximum absolute atomic E-state index is 13.7. The molecule has 0 atom stereocenters. The van der Waals surface area contributed by atoms with E-state index < -0.39 is 11.8 Å². The molecule has 5 rings (SSSR count). The third kappa shape index (κ3) is 7.08. The van der Waals surface area contributed by atoms with Crippen molar-refractivity contribution in [3.05, 3.63) is 100 Å². The third-order valence-electron chi connectivity index (χ3n) is 7.54. The van der Waals surface area contributed by atoms with Crippen LogP contribution in [0.2, 0.25) is 5.02 Å². The molecule has 228 valence electrons. The van der Waals surface area contributed by atoms with Crippen molar-refractivity contribution >= 4 is 40.8 Å². The van der Waals surface area contributed by atoms with E-state index in [0.29, 0.717) is 59.5 Å². The summed E-state index contributed by atoms with van der Waals surface area (Å²) < 4.78 is 8.05. The van der Waals surface area contributed by atoms with Gasteiger partial charge in [0.05, 0.1) is 21.8 Å². The molecule has 0 bridgehead atoms. The summed E-state index contributed by atoms with van der Waals surface area (Å²) in [7, 11) is 1.75. The highest BCUT2D eigenvalue weighted by atomic mass is 35.5. The average Bonchev–Trinajstić information content (AvgIpc) is 3.43. The number of piperidine rings is 1. The lowest BCUT2D eigenvalue weighted by molar-refractivity contribution is 0.0583. The normalized spacial score (nSPS) is 13.8. The van der Waals surface area contributed by atoms with E-state index in [1.807, 2.05) is 12.1 Å². The number of amides is 3. The van der Waals surface area contributed by atoms with Crippen LogP contribution >= 0.6 is 11.6 Å². The molecule has 2 N–H and O–H groups in total. The van der Waals surface area contributed by atoms with Gasteiger partial charge in [-0.3, -0.25) is 19.1 Å². The fourth-order valence-electron chi connectivity index (χ4n) is 4.99. The number of nitrogens with one attached hydrogen (secondary N) is 2. The lowest BCUT2D eigenvalue weighted by atomic mass is 9.86. The Bertz CT molecular complexity index is 1670. The summed E-state index contributed by atoms with van der Waals surface area (Å²) in [6.07, 6.45) is 4.10. The lowest BCUT2D eigenvalue weighted by Gasteiger charge is -2.33. The largest absolute Gasteiger partial charge is 0.489 e. The summed E-state index contributed by atoms with van der Waals surface area (Å²) in [5.41, 5.74) is 2.35. The first kappa shape index (κ1) is 30.7. The number of ether oxygens (including phenoxy) is 1. The maximum Gasteiger partial charge on any atom is 0.272 e. The molecule has 2 aromatic carbocycles. The van der Waals surface area contributed by atoms with E-state index in [1.165, 1.54) is 6.20 Å². The number of para-hydroxylation sites is 1. The summed E-state index contributed by atoms with van der Waals surface area (Å²) in [5.74, 6) is -0.106. The zero-order chi connectivity index (χ0) is 31.4. The SMILES string of the molecule is Cn1nccc1C(=O)N1CCC(Oc2cc(C(C)(C)C)ccc2C(=O)Nc2ccccc2C(=O)Nc2ccc(Cl)cn2)CC1. The van der Waals surface area contributed by atoms with Crippen LogP contribution in [0.25, 0.3) is 0 Å². The molecule has 1 fully saturated rings. The second kappa shape index (κ2) is 12.9. The van der Waals surface area contributed by atoms with Crippen LogP contribution in [0.15, 0.2) is 73.1 Å². The lowest BCUT2D eigenvalue weighted by Crippen LogP contribution is -2.42. The topological polar surface area (TPSA) is 118 Å². The maximum atomic E-state index is 13.7. The number of carbonyl (C=O) groups is 3. The molecule has 2 aromatic heterocycles. The van der Waals surface area contributed by atoms with Gasteiger partial charge in [0, 0.05) is 45.4 Å². The molecule has 10 nitrogen and oxygen atoms in total. The van der Waals surface area contributed by atoms with Gasteiger partial charge in [-0.25, -0.2) is 4.98 Å². The van der Waals surface area contributed by atoms with Crippen molar-refractivity contribution in [3.63, 3.8) is 0 Å². The van der Waals surface area contributed by atoms with E-state index in [0.717, 1.165) is 5.56 Å². The van der Waals surface area contributed by atoms with E-state index in [2.05, 4.69) is 41.5 Å². The number of halogens is 1. The highest BCUT2D eigenvalue weighted by molar-refractivity contribution is 6.30. The van der Waals surface area contributed by atoms with Gasteiger partial charge >= 0.3 is 0 Å². The number of pyridine rings is 1. The van der Waals surface area contributed by atoms with Gasteiger partial charge in [-0.1, -0.05) is 50.6 Å². The van der Waals surface area contributed by atoms with Crippen molar-refractivity contribution in [2.24, 2.45) is 7.05 Å². The highest BCUT2D eigenvalue weighted by Gasteiger charge is 2.28. The number of hydrogen-bond donors (Lipinski definition) is 2. The number of rotatable bonds is 7. The van der Waals surface area contributed by atoms with Crippen molar-refractivity contribution in [2.75, 3.05) is 23.7 Å². The van der Waals surface area contributed by atoms with Crippen LogP contribution in [0.3, 0.4) is 0 Å². The monoisotopic (exact) mass is 614 g/mol. The van der Waals surface area contributed by atoms with Gasteiger partial charge in [0.2, 0.25) is 0 Å². The third-order valence-corrected chi connectivity index (χ3v) is 7.77. The second-order valence-electron chi connectivity index (χ2n) is 11.7. The number of carbonyl (C=O) groups excluding carboxylic acids is 3. The van der Waals surface area contributed by atoms with Gasteiger partial charge in [-0.05, 0) is 53.4 Å². The smallest absolute Gasteiger partial charge is 0.272 e. The van der Waals surface area contributed by atoms with Gasteiger partial charge in [-0.2, -0.15) is 5.10 Å². The van der Waals surface area contributed by atoms with Crippen molar-refractivity contribution in [3.8, 4) is 5.75 Å². The Hall–Kier alpha value is -4.70. The second-order valence-corrected chi connectivity index (χ2v) is 12.2. The van der Waals surface area contributed by atoms with Crippen LogP contribution in [0.4, 0.5) is 11.5 Å². The van der Waals surface area contributed by atoms with Crippen LogP contribution in [0.1, 0.15) is 70.4 Å². The average molecular weight is 615 g/mol. The number of nitrogens with zero attached hydrogens (tertiary/aromatic N) is 4. The van der Waals surface area contributed by atoms with E-state index in [4.69, 9.17) is 16.3 Å². The van der Waals surface area contributed by atoms with Gasteiger partial charge in [0.15, 0.2) is 0 Å². The zero-order valence-electron chi connectivity index (χ0n) is 25.1. The Balaban J connectivity index is 1.33. The van der Waals surface area contributed by atoms with Crippen LogP contribution in [-0.4, -0.2) is 56.6 Å². The Morgan fingerprint density at radius 1 is 0.932 bits per heavy atom. The van der Waals surface area contributed by atoms with Crippen molar-refractivity contribution in [2.45, 2.75) is 45.1 Å². The molecule has 0 aliphatic carbocycles. The first-order valence-corrected chi connectivity index (χ1v) is 14.8. The molecule has 0 unspecified atom stereocenters. The highest BCUT2D eigenvalue weighted by Crippen LogP contribution is 2.32. The van der Waals surface area contributed by atoms with Gasteiger partial charge in [0.1, 0.15) is 23.4 Å². The molecule has 0 saturated carbocycles. The summed E-state index contributed by atoms with van der Waals surface area (Å²) in [5, 5.41) is 10.2. The van der Waals surface area contributed by atoms with Crippen LogP contribution in [-0.2, 0) is 12.5 Å². The predicted molar refractivity (Wildman–Crippen MR) is 169 cm³/mol. The molecule has 0 spiro atoms. The van der Waals surface area contributed by atoms with Gasteiger partial charge in [0.25, 0.3) is 17.7 Å². The fraction of sp³-hybridized carbons (Fsp3) is 0.303. The Morgan fingerprint density at radius 3 is 2.32 bits per heavy atom. The molecule has 1 aliphatic rings. The zero-order valence-corrected chi connectivity index (χ0v) is 25.9. The number of aromatic nitrogens is 3. The first-order valence-electron chi connectivity index (χ1n) is 14.4. The van der Waals surface area contributed by atoms with Gasteiger partial charge in [-0.15, -0.1) is 0 Å². The van der Waals surface area contributed by atoms with Crippen LogP contribution in [0, 0.1) is 0 Å². The summed E-state index contributed by atoms with van der Waals surface area (Å²) in [6, 6.07) is 17.3. The number of aryl methyl sites for hydroxylation is 1. The Morgan fingerprint density at radius 2 is 1.66 bits per heavy atom. The minimum atomic E-state index is -0.428. The van der Waals surface area contributed by atoms with Crippen molar-refractivity contribution in [1.82, 2.24) is 19.7 Å². The number of hydrogen-bond acceptors (Lipinski definition) is 6. The minimum Gasteiger partial charge on any atom is -0.489 e.